The molecular formula is C15H21N3O2. The zero-order chi connectivity index (χ0) is 14.5. The molecule has 1 aromatic rings. The standard InChI is InChI=1S/C15H21N3O2/c1-11-5-6-12(16)10-13(11)15(20)17-7-3-9-18-8-2-4-14(18)19/h5-6,10H,2-4,7-9,16H2,1H3,(H,17,20). The maximum Gasteiger partial charge on any atom is 0.251 e. The van der Waals surface area contributed by atoms with Gasteiger partial charge in [0.25, 0.3) is 5.91 Å². The molecule has 0 aliphatic carbocycles. The van der Waals surface area contributed by atoms with Gasteiger partial charge in [0.05, 0.1) is 0 Å². The molecule has 0 spiro atoms. The second kappa shape index (κ2) is 6.41. The highest BCUT2D eigenvalue weighted by atomic mass is 16.2. The number of hydrogen-bond donors (Lipinski definition) is 2. The highest BCUT2D eigenvalue weighted by molar-refractivity contribution is 5.96. The molecule has 0 aromatic heterocycles. The lowest BCUT2D eigenvalue weighted by molar-refractivity contribution is -0.127. The summed E-state index contributed by atoms with van der Waals surface area (Å²) >= 11 is 0. The van der Waals surface area contributed by atoms with Crippen LogP contribution in [0.3, 0.4) is 0 Å². The SMILES string of the molecule is Cc1ccc(N)cc1C(=O)NCCCN1CCCC1=O. The van der Waals surface area contributed by atoms with Crippen LogP contribution in [0.15, 0.2) is 18.2 Å². The fourth-order valence-electron chi connectivity index (χ4n) is 2.39. The number of rotatable bonds is 5. The van der Waals surface area contributed by atoms with Gasteiger partial charge in [0.15, 0.2) is 0 Å². The molecule has 3 N–H and O–H groups in total. The van der Waals surface area contributed by atoms with Crippen molar-refractivity contribution in [3.63, 3.8) is 0 Å². The number of nitrogens with one attached hydrogen (secondary N) is 1. The Morgan fingerprint density at radius 1 is 1.45 bits per heavy atom. The van der Waals surface area contributed by atoms with Crippen molar-refractivity contribution in [1.29, 1.82) is 0 Å². The van der Waals surface area contributed by atoms with Gasteiger partial charge in [-0.1, -0.05) is 6.07 Å². The number of anilines is 1. The average molecular weight is 275 g/mol. The second-order valence-electron chi connectivity index (χ2n) is 5.17. The number of hydrogen-bond acceptors (Lipinski definition) is 3. The van der Waals surface area contributed by atoms with E-state index in [9.17, 15) is 9.59 Å². The molecule has 108 valence electrons. The summed E-state index contributed by atoms with van der Waals surface area (Å²) in [6.07, 6.45) is 2.39. The van der Waals surface area contributed by atoms with Crippen molar-refractivity contribution < 1.29 is 9.59 Å². The molecule has 0 unspecified atom stereocenters. The van der Waals surface area contributed by atoms with E-state index in [-0.39, 0.29) is 11.8 Å². The van der Waals surface area contributed by atoms with E-state index < -0.39 is 0 Å². The third kappa shape index (κ3) is 3.50. The van der Waals surface area contributed by atoms with Crippen LogP contribution < -0.4 is 11.1 Å². The Labute approximate surface area is 119 Å². The van der Waals surface area contributed by atoms with Crippen LogP contribution in [-0.2, 0) is 4.79 Å². The Balaban J connectivity index is 1.77. The minimum Gasteiger partial charge on any atom is -0.399 e. The Morgan fingerprint density at radius 3 is 2.95 bits per heavy atom. The topological polar surface area (TPSA) is 75.4 Å². The van der Waals surface area contributed by atoms with Crippen molar-refractivity contribution >= 4 is 17.5 Å². The highest BCUT2D eigenvalue weighted by Gasteiger charge is 2.19. The molecule has 1 aliphatic rings. The molecular weight excluding hydrogens is 254 g/mol. The van der Waals surface area contributed by atoms with E-state index in [2.05, 4.69) is 5.32 Å². The molecule has 2 amide bonds. The summed E-state index contributed by atoms with van der Waals surface area (Å²) in [5.74, 6) is 0.116. The molecule has 1 heterocycles. The van der Waals surface area contributed by atoms with E-state index in [1.54, 1.807) is 12.1 Å². The summed E-state index contributed by atoms with van der Waals surface area (Å²) in [4.78, 5) is 25.3. The summed E-state index contributed by atoms with van der Waals surface area (Å²) in [5, 5.41) is 2.87. The lowest BCUT2D eigenvalue weighted by Gasteiger charge is -2.15. The van der Waals surface area contributed by atoms with E-state index in [4.69, 9.17) is 5.73 Å². The molecule has 1 aliphatic heterocycles. The lowest BCUT2D eigenvalue weighted by Crippen LogP contribution is -2.30. The Bertz CT molecular complexity index is 514. The summed E-state index contributed by atoms with van der Waals surface area (Å²) in [5.41, 5.74) is 7.80. The fourth-order valence-corrected chi connectivity index (χ4v) is 2.39. The van der Waals surface area contributed by atoms with Gasteiger partial charge < -0.3 is 16.0 Å². The van der Waals surface area contributed by atoms with Crippen molar-refractivity contribution in [3.8, 4) is 0 Å². The minimum absolute atomic E-state index is 0.109. The number of carbonyl (C=O) groups is 2. The molecule has 0 radical (unpaired) electrons. The van der Waals surface area contributed by atoms with Crippen molar-refractivity contribution in [2.75, 3.05) is 25.4 Å². The smallest absolute Gasteiger partial charge is 0.251 e. The van der Waals surface area contributed by atoms with E-state index in [0.29, 0.717) is 24.2 Å². The average Bonchev–Trinajstić information content (AvgIpc) is 2.83. The van der Waals surface area contributed by atoms with Gasteiger partial charge in [-0.25, -0.2) is 0 Å². The van der Waals surface area contributed by atoms with Crippen molar-refractivity contribution in [3.05, 3.63) is 29.3 Å². The predicted molar refractivity (Wildman–Crippen MR) is 78.4 cm³/mol. The van der Waals surface area contributed by atoms with E-state index in [0.717, 1.165) is 31.5 Å². The number of carbonyl (C=O) groups excluding carboxylic acids is 2. The maximum absolute atomic E-state index is 12.0. The lowest BCUT2D eigenvalue weighted by atomic mass is 10.1. The van der Waals surface area contributed by atoms with Gasteiger partial charge in [-0.05, 0) is 37.5 Å². The van der Waals surface area contributed by atoms with Crippen LogP contribution in [0, 0.1) is 6.92 Å². The van der Waals surface area contributed by atoms with E-state index in [1.165, 1.54) is 0 Å². The van der Waals surface area contributed by atoms with E-state index in [1.807, 2.05) is 17.9 Å². The molecule has 1 fully saturated rings. The normalized spacial score (nSPS) is 14.7. The summed E-state index contributed by atoms with van der Waals surface area (Å²) < 4.78 is 0. The number of nitrogens with zero attached hydrogens (tertiary/aromatic N) is 1. The Kier molecular flexibility index (Phi) is 4.61. The Morgan fingerprint density at radius 2 is 2.25 bits per heavy atom. The second-order valence-corrected chi connectivity index (χ2v) is 5.17. The highest BCUT2D eigenvalue weighted by Crippen LogP contribution is 2.12. The molecule has 20 heavy (non-hydrogen) atoms. The molecule has 0 atom stereocenters. The van der Waals surface area contributed by atoms with Crippen LogP contribution in [0.5, 0.6) is 0 Å². The number of nitrogens with two attached hydrogens (primary N) is 1. The maximum atomic E-state index is 12.0. The van der Waals surface area contributed by atoms with Crippen LogP contribution in [0.25, 0.3) is 0 Å². The molecule has 1 saturated heterocycles. The van der Waals surface area contributed by atoms with E-state index >= 15 is 0 Å². The summed E-state index contributed by atoms with van der Waals surface area (Å²) in [7, 11) is 0. The van der Waals surface area contributed by atoms with Crippen LogP contribution in [0.4, 0.5) is 5.69 Å². The third-order valence-corrected chi connectivity index (χ3v) is 3.57. The number of aryl methyl sites for hydroxylation is 1. The molecule has 2 rings (SSSR count). The first-order valence-electron chi connectivity index (χ1n) is 7.00. The van der Waals surface area contributed by atoms with Crippen LogP contribution in [0.1, 0.15) is 35.2 Å². The van der Waals surface area contributed by atoms with Gasteiger partial charge in [0.1, 0.15) is 0 Å². The summed E-state index contributed by atoms with van der Waals surface area (Å²) in [6, 6.07) is 5.31. The predicted octanol–water partition coefficient (Wildman–Crippen LogP) is 1.32. The monoisotopic (exact) mass is 275 g/mol. The zero-order valence-electron chi connectivity index (χ0n) is 11.8. The fraction of sp³-hybridized carbons (Fsp3) is 0.467. The molecule has 1 aromatic carbocycles. The first-order valence-corrected chi connectivity index (χ1v) is 7.00. The van der Waals surface area contributed by atoms with Crippen molar-refractivity contribution in [1.82, 2.24) is 10.2 Å². The van der Waals surface area contributed by atoms with Gasteiger partial charge in [-0.3, -0.25) is 9.59 Å². The summed E-state index contributed by atoms with van der Waals surface area (Å²) in [6.45, 7) is 4.02. The Hall–Kier alpha value is -2.04. The number of nitrogen functional groups attached to an aromatic ring is 1. The molecule has 0 saturated carbocycles. The quantitative estimate of drug-likeness (QED) is 0.628. The first-order chi connectivity index (χ1) is 9.58. The van der Waals surface area contributed by atoms with Gasteiger partial charge in [-0.15, -0.1) is 0 Å². The van der Waals surface area contributed by atoms with Gasteiger partial charge in [0.2, 0.25) is 5.91 Å². The number of benzene rings is 1. The molecule has 0 bridgehead atoms. The van der Waals surface area contributed by atoms with Crippen molar-refractivity contribution in [2.24, 2.45) is 0 Å². The van der Waals surface area contributed by atoms with Crippen molar-refractivity contribution in [2.45, 2.75) is 26.2 Å². The zero-order valence-corrected chi connectivity index (χ0v) is 11.8. The third-order valence-electron chi connectivity index (χ3n) is 3.57. The van der Waals surface area contributed by atoms with Gasteiger partial charge >= 0.3 is 0 Å². The molecule has 5 nitrogen and oxygen atoms in total. The molecule has 5 heteroatoms. The first kappa shape index (κ1) is 14.4. The minimum atomic E-state index is -0.109. The van der Waals surface area contributed by atoms with Gasteiger partial charge in [-0.2, -0.15) is 0 Å². The number of amides is 2. The number of likely N-dealkylation sites (tertiary alicyclic amines) is 1. The largest absolute Gasteiger partial charge is 0.399 e. The van der Waals surface area contributed by atoms with Crippen LogP contribution in [0.2, 0.25) is 0 Å². The van der Waals surface area contributed by atoms with Crippen LogP contribution >= 0.6 is 0 Å². The van der Waals surface area contributed by atoms with Gasteiger partial charge in [0, 0.05) is 37.3 Å². The van der Waals surface area contributed by atoms with Crippen LogP contribution in [-0.4, -0.2) is 36.3 Å².